The fourth-order valence-corrected chi connectivity index (χ4v) is 6.58. The fraction of sp³-hybridized carbons (Fsp3) is 0.200. The maximum absolute atomic E-state index is 12.2. The van der Waals surface area contributed by atoms with Gasteiger partial charge in [0.2, 0.25) is 0 Å². The van der Waals surface area contributed by atoms with Crippen LogP contribution in [-0.4, -0.2) is 30.7 Å². The Bertz CT molecular complexity index is 861. The molecule has 4 nitrogen and oxygen atoms in total. The summed E-state index contributed by atoms with van der Waals surface area (Å²) in [5.41, 5.74) is 4.85. The summed E-state index contributed by atoms with van der Waals surface area (Å²) in [6.07, 6.45) is 0. The van der Waals surface area contributed by atoms with E-state index >= 15 is 0 Å². The van der Waals surface area contributed by atoms with Crippen LogP contribution in [0.3, 0.4) is 0 Å². The Kier molecular flexibility index (Phi) is 4.54. The van der Waals surface area contributed by atoms with Crippen LogP contribution in [0.5, 0.6) is 0 Å². The first-order chi connectivity index (χ1) is 12.7. The zero-order valence-electron chi connectivity index (χ0n) is 14.2. The predicted molar refractivity (Wildman–Crippen MR) is 104 cm³/mol. The quantitative estimate of drug-likeness (QED) is 0.741. The van der Waals surface area contributed by atoms with E-state index in [1.165, 1.54) is 60.0 Å². The van der Waals surface area contributed by atoms with Crippen molar-refractivity contribution in [3.05, 3.63) is 69.5 Å². The number of esters is 2. The van der Waals surface area contributed by atoms with Gasteiger partial charge in [-0.2, -0.15) is 0 Å². The molecule has 2 aliphatic rings. The first kappa shape index (κ1) is 17.2. The van der Waals surface area contributed by atoms with Gasteiger partial charge in [-0.05, 0) is 22.3 Å². The first-order valence-electron chi connectivity index (χ1n) is 8.08. The maximum Gasteiger partial charge on any atom is 0.345 e. The van der Waals surface area contributed by atoms with Gasteiger partial charge < -0.3 is 9.47 Å². The van der Waals surface area contributed by atoms with E-state index in [0.717, 1.165) is 0 Å². The molecule has 0 amide bonds. The molecule has 0 radical (unpaired) electrons. The van der Waals surface area contributed by atoms with Gasteiger partial charge in [-0.25, -0.2) is 9.59 Å². The van der Waals surface area contributed by atoms with Crippen molar-refractivity contribution in [2.75, 3.05) is 14.2 Å². The number of carbonyl (C=O) groups excluding carboxylic acids is 2. The van der Waals surface area contributed by atoms with E-state index in [4.69, 9.17) is 9.47 Å². The Balaban J connectivity index is 1.76. The lowest BCUT2D eigenvalue weighted by Crippen LogP contribution is -2.10. The van der Waals surface area contributed by atoms with Crippen LogP contribution in [-0.2, 0) is 19.1 Å². The summed E-state index contributed by atoms with van der Waals surface area (Å²) in [4.78, 5) is 25.0. The third-order valence-corrected chi connectivity index (χ3v) is 7.50. The van der Waals surface area contributed by atoms with E-state index in [-0.39, 0.29) is 10.5 Å². The minimum Gasteiger partial charge on any atom is -0.465 e. The van der Waals surface area contributed by atoms with E-state index in [1.54, 1.807) is 0 Å². The van der Waals surface area contributed by atoms with Gasteiger partial charge in [0.1, 0.15) is 9.81 Å². The topological polar surface area (TPSA) is 52.6 Å². The summed E-state index contributed by atoms with van der Waals surface area (Å²) in [6.45, 7) is 0. The summed E-state index contributed by atoms with van der Waals surface area (Å²) in [5.74, 6) is -0.908. The molecule has 1 heterocycles. The molecule has 0 spiro atoms. The van der Waals surface area contributed by atoms with Gasteiger partial charge in [-0.3, -0.25) is 0 Å². The molecule has 26 heavy (non-hydrogen) atoms. The molecule has 6 heteroatoms. The summed E-state index contributed by atoms with van der Waals surface area (Å²) in [5, 5.41) is 0. The van der Waals surface area contributed by atoms with Crippen molar-refractivity contribution in [2.45, 2.75) is 10.5 Å². The standard InChI is InChI=1S/C20H16O4S2/c1-23-18(21)16-17(19(22)24-2)26-20(25-16)15-13-9-5-3-7-11(13)12-8-4-6-10-14(12)15/h3-10,15,20H,1-2H3. The number of ether oxygens (including phenoxy) is 2. The zero-order chi connectivity index (χ0) is 18.3. The lowest BCUT2D eigenvalue weighted by atomic mass is 9.99. The van der Waals surface area contributed by atoms with Crippen molar-refractivity contribution in [2.24, 2.45) is 0 Å². The normalized spacial score (nSPS) is 16.4. The Labute approximate surface area is 160 Å². The summed E-state index contributed by atoms with van der Waals surface area (Å²) >= 11 is 2.77. The average Bonchev–Trinajstić information content (AvgIpc) is 3.26. The van der Waals surface area contributed by atoms with Gasteiger partial charge in [0.15, 0.2) is 0 Å². The number of benzene rings is 2. The SMILES string of the molecule is COC(=O)C1=C(C(=O)OC)SC(C2c3ccccc3-c3ccccc32)S1. The van der Waals surface area contributed by atoms with E-state index < -0.39 is 11.9 Å². The Morgan fingerprint density at radius 2 is 1.19 bits per heavy atom. The Hall–Kier alpha value is -2.18. The molecule has 0 unspecified atom stereocenters. The molecular weight excluding hydrogens is 368 g/mol. The fourth-order valence-electron chi connectivity index (χ4n) is 3.45. The van der Waals surface area contributed by atoms with Crippen molar-refractivity contribution in [3.8, 4) is 11.1 Å². The molecule has 0 fully saturated rings. The largest absolute Gasteiger partial charge is 0.465 e. The molecule has 2 aromatic rings. The molecule has 0 atom stereocenters. The summed E-state index contributed by atoms with van der Waals surface area (Å²) in [6, 6.07) is 16.6. The van der Waals surface area contributed by atoms with Gasteiger partial charge in [0.05, 0.1) is 18.8 Å². The van der Waals surface area contributed by atoms with Crippen LogP contribution in [0.2, 0.25) is 0 Å². The van der Waals surface area contributed by atoms with Crippen LogP contribution in [0.1, 0.15) is 17.0 Å². The maximum atomic E-state index is 12.2. The first-order valence-corrected chi connectivity index (χ1v) is 9.84. The van der Waals surface area contributed by atoms with Crippen LogP contribution in [0.4, 0.5) is 0 Å². The highest BCUT2D eigenvalue weighted by Gasteiger charge is 2.43. The van der Waals surface area contributed by atoms with Crippen LogP contribution in [0, 0.1) is 0 Å². The van der Waals surface area contributed by atoms with Gasteiger partial charge >= 0.3 is 11.9 Å². The molecular formula is C20H16O4S2. The molecule has 0 aromatic heterocycles. The van der Waals surface area contributed by atoms with Crippen LogP contribution < -0.4 is 0 Å². The molecule has 0 saturated heterocycles. The highest BCUT2D eigenvalue weighted by Crippen LogP contribution is 2.58. The average molecular weight is 384 g/mol. The number of fused-ring (bicyclic) bond motifs is 3. The van der Waals surface area contributed by atoms with E-state index in [9.17, 15) is 9.59 Å². The van der Waals surface area contributed by atoms with E-state index in [1.807, 2.05) is 24.3 Å². The van der Waals surface area contributed by atoms with E-state index in [0.29, 0.717) is 9.81 Å². The van der Waals surface area contributed by atoms with Crippen LogP contribution >= 0.6 is 23.5 Å². The molecule has 2 aromatic carbocycles. The number of hydrogen-bond acceptors (Lipinski definition) is 6. The lowest BCUT2D eigenvalue weighted by Gasteiger charge is -2.20. The zero-order valence-corrected chi connectivity index (χ0v) is 15.9. The molecule has 0 saturated carbocycles. The second-order valence-electron chi connectivity index (χ2n) is 5.90. The Morgan fingerprint density at radius 3 is 1.62 bits per heavy atom. The Morgan fingerprint density at radius 1 is 0.769 bits per heavy atom. The monoisotopic (exact) mass is 384 g/mol. The number of methoxy groups -OCH3 is 2. The highest BCUT2D eigenvalue weighted by atomic mass is 32.2. The van der Waals surface area contributed by atoms with Gasteiger partial charge in [-0.15, -0.1) is 23.5 Å². The van der Waals surface area contributed by atoms with Crippen molar-refractivity contribution in [1.82, 2.24) is 0 Å². The molecule has 4 rings (SSSR count). The van der Waals surface area contributed by atoms with Crippen LogP contribution in [0.15, 0.2) is 58.3 Å². The van der Waals surface area contributed by atoms with Crippen LogP contribution in [0.25, 0.3) is 11.1 Å². The summed E-state index contributed by atoms with van der Waals surface area (Å²) in [7, 11) is 2.64. The number of rotatable bonds is 3. The third kappa shape index (κ3) is 2.64. The predicted octanol–water partition coefficient (Wildman–Crippen LogP) is 4.16. The summed E-state index contributed by atoms with van der Waals surface area (Å²) < 4.78 is 9.70. The van der Waals surface area contributed by atoms with E-state index in [2.05, 4.69) is 24.3 Å². The third-order valence-electron chi connectivity index (χ3n) is 4.57. The second-order valence-corrected chi connectivity index (χ2v) is 8.50. The smallest absolute Gasteiger partial charge is 0.345 e. The molecule has 1 aliphatic carbocycles. The van der Waals surface area contributed by atoms with Crippen molar-refractivity contribution < 1.29 is 19.1 Å². The second kappa shape index (κ2) is 6.85. The minimum atomic E-state index is -0.495. The highest BCUT2D eigenvalue weighted by molar-refractivity contribution is 8.24. The van der Waals surface area contributed by atoms with Gasteiger partial charge in [0, 0.05) is 5.92 Å². The van der Waals surface area contributed by atoms with Crippen molar-refractivity contribution in [1.29, 1.82) is 0 Å². The molecule has 0 N–H and O–H groups in total. The van der Waals surface area contributed by atoms with Gasteiger partial charge in [0.25, 0.3) is 0 Å². The number of hydrogen-bond donors (Lipinski definition) is 0. The molecule has 132 valence electrons. The number of thioether (sulfide) groups is 2. The number of carbonyl (C=O) groups is 2. The van der Waals surface area contributed by atoms with Crippen molar-refractivity contribution >= 4 is 35.5 Å². The lowest BCUT2D eigenvalue weighted by molar-refractivity contribution is -0.138. The molecule has 0 bridgehead atoms. The van der Waals surface area contributed by atoms with Crippen molar-refractivity contribution in [3.63, 3.8) is 0 Å². The minimum absolute atomic E-state index is 0.0389. The van der Waals surface area contributed by atoms with Gasteiger partial charge in [-0.1, -0.05) is 48.5 Å². The molecule has 1 aliphatic heterocycles.